The van der Waals surface area contributed by atoms with Crippen molar-refractivity contribution in [1.29, 1.82) is 0 Å². The Bertz CT molecular complexity index is 201. The molecule has 3 heteroatoms. The average Bonchev–Trinajstić information content (AvgIpc) is 2.06. The molecule has 0 saturated heterocycles. The lowest BCUT2D eigenvalue weighted by molar-refractivity contribution is 0.183. The number of pyridine rings is 1. The lowest BCUT2D eigenvalue weighted by atomic mass is 10.1. The molecule has 0 aromatic carbocycles. The van der Waals surface area contributed by atoms with Gasteiger partial charge in [0, 0.05) is 18.9 Å². The first-order valence-electron chi connectivity index (χ1n) is 3.60. The smallest absolute Gasteiger partial charge is 0.0702 e. The van der Waals surface area contributed by atoms with Crippen LogP contribution in [0.25, 0.3) is 0 Å². The number of rotatable bonds is 3. The molecule has 1 unspecified atom stereocenters. The Labute approximate surface area is 65.9 Å². The molecule has 1 aromatic rings. The number of nitrogens with zero attached hydrogens (tertiary/aromatic N) is 1. The number of aliphatic hydroxyl groups is 1. The fourth-order valence-electron chi connectivity index (χ4n) is 0.874. The fourth-order valence-corrected chi connectivity index (χ4v) is 0.874. The highest BCUT2D eigenvalue weighted by molar-refractivity contribution is 5.10. The number of hydrogen-bond acceptors (Lipinski definition) is 3. The molecular weight excluding hydrogens is 140 g/mol. The van der Waals surface area contributed by atoms with Crippen LogP contribution in [0.4, 0.5) is 0 Å². The summed E-state index contributed by atoms with van der Waals surface area (Å²) in [5.41, 5.74) is 6.32. The summed E-state index contributed by atoms with van der Waals surface area (Å²) in [7, 11) is 0. The van der Waals surface area contributed by atoms with Gasteiger partial charge in [0.15, 0.2) is 0 Å². The zero-order valence-electron chi connectivity index (χ0n) is 6.27. The van der Waals surface area contributed by atoms with E-state index in [1.807, 2.05) is 12.1 Å². The van der Waals surface area contributed by atoms with E-state index in [2.05, 4.69) is 4.98 Å². The Morgan fingerprint density at radius 3 is 2.64 bits per heavy atom. The van der Waals surface area contributed by atoms with Crippen molar-refractivity contribution in [2.24, 2.45) is 5.73 Å². The third-order valence-electron chi connectivity index (χ3n) is 1.49. The topological polar surface area (TPSA) is 59.1 Å². The van der Waals surface area contributed by atoms with Gasteiger partial charge in [-0.1, -0.05) is 0 Å². The number of nitrogens with two attached hydrogens (primary N) is 1. The summed E-state index contributed by atoms with van der Waals surface area (Å²) in [5, 5.41) is 9.17. The quantitative estimate of drug-likeness (QED) is 0.638. The van der Waals surface area contributed by atoms with Gasteiger partial charge in [0.2, 0.25) is 0 Å². The first-order chi connectivity index (χ1) is 5.33. The van der Waals surface area contributed by atoms with Crippen molar-refractivity contribution >= 4 is 0 Å². The molecule has 60 valence electrons. The molecule has 3 N–H and O–H groups in total. The second kappa shape index (κ2) is 4.05. The molecule has 0 bridgehead atoms. The molecule has 0 spiro atoms. The molecule has 0 aliphatic heterocycles. The van der Waals surface area contributed by atoms with E-state index in [1.165, 1.54) is 0 Å². The second-order valence-electron chi connectivity index (χ2n) is 2.45. The van der Waals surface area contributed by atoms with Gasteiger partial charge in [-0.15, -0.1) is 0 Å². The molecule has 0 radical (unpaired) electrons. The Morgan fingerprint density at radius 2 is 2.09 bits per heavy atom. The SMILES string of the molecule is NCC(O)Cc1ccncc1. The van der Waals surface area contributed by atoms with Crippen LogP contribution in [0.5, 0.6) is 0 Å². The molecule has 3 nitrogen and oxygen atoms in total. The minimum absolute atomic E-state index is 0.308. The number of aliphatic hydroxyl groups excluding tert-OH is 1. The molecule has 1 heterocycles. The Kier molecular flexibility index (Phi) is 3.01. The van der Waals surface area contributed by atoms with Gasteiger partial charge in [0.1, 0.15) is 0 Å². The standard InChI is InChI=1S/C8H12N2O/c9-6-8(11)5-7-1-3-10-4-2-7/h1-4,8,11H,5-6,9H2. The van der Waals surface area contributed by atoms with E-state index in [-0.39, 0.29) is 0 Å². The van der Waals surface area contributed by atoms with Crippen LogP contribution in [0.3, 0.4) is 0 Å². The van der Waals surface area contributed by atoms with E-state index in [9.17, 15) is 0 Å². The molecule has 0 saturated carbocycles. The van der Waals surface area contributed by atoms with Crippen molar-refractivity contribution in [3.63, 3.8) is 0 Å². The summed E-state index contributed by atoms with van der Waals surface area (Å²) in [6.45, 7) is 0.308. The highest BCUT2D eigenvalue weighted by atomic mass is 16.3. The third kappa shape index (κ3) is 2.65. The first kappa shape index (κ1) is 8.17. The predicted molar refractivity (Wildman–Crippen MR) is 43.0 cm³/mol. The van der Waals surface area contributed by atoms with Crippen molar-refractivity contribution < 1.29 is 5.11 Å². The minimum atomic E-state index is -0.433. The van der Waals surface area contributed by atoms with Gasteiger partial charge in [0.25, 0.3) is 0 Å². The van der Waals surface area contributed by atoms with Crippen molar-refractivity contribution in [3.05, 3.63) is 30.1 Å². The van der Waals surface area contributed by atoms with Crippen LogP contribution in [0.1, 0.15) is 5.56 Å². The van der Waals surface area contributed by atoms with Crippen molar-refractivity contribution in [1.82, 2.24) is 4.98 Å². The Morgan fingerprint density at radius 1 is 1.45 bits per heavy atom. The maximum atomic E-state index is 9.17. The monoisotopic (exact) mass is 152 g/mol. The van der Waals surface area contributed by atoms with Crippen molar-refractivity contribution in [3.8, 4) is 0 Å². The molecular formula is C8H12N2O. The lowest BCUT2D eigenvalue weighted by Crippen LogP contribution is -2.21. The van der Waals surface area contributed by atoms with E-state index < -0.39 is 6.10 Å². The van der Waals surface area contributed by atoms with Crippen LogP contribution in [-0.4, -0.2) is 22.7 Å². The lowest BCUT2D eigenvalue weighted by Gasteiger charge is -2.05. The van der Waals surface area contributed by atoms with Crippen LogP contribution in [-0.2, 0) is 6.42 Å². The van der Waals surface area contributed by atoms with Gasteiger partial charge in [-0.3, -0.25) is 4.98 Å². The highest BCUT2D eigenvalue weighted by Gasteiger charge is 2.00. The maximum absolute atomic E-state index is 9.17. The van der Waals surface area contributed by atoms with Crippen LogP contribution in [0.15, 0.2) is 24.5 Å². The molecule has 1 atom stereocenters. The summed E-state index contributed by atoms with van der Waals surface area (Å²) < 4.78 is 0. The summed E-state index contributed by atoms with van der Waals surface area (Å²) >= 11 is 0. The maximum Gasteiger partial charge on any atom is 0.0702 e. The van der Waals surface area contributed by atoms with Crippen LogP contribution >= 0.6 is 0 Å². The van der Waals surface area contributed by atoms with E-state index in [4.69, 9.17) is 10.8 Å². The summed E-state index contributed by atoms with van der Waals surface area (Å²) in [6.07, 6.45) is 3.59. The molecule has 0 aliphatic rings. The molecule has 11 heavy (non-hydrogen) atoms. The molecule has 0 amide bonds. The summed E-state index contributed by atoms with van der Waals surface area (Å²) in [5.74, 6) is 0. The Hall–Kier alpha value is -0.930. The van der Waals surface area contributed by atoms with Gasteiger partial charge in [-0.25, -0.2) is 0 Å². The van der Waals surface area contributed by atoms with Crippen molar-refractivity contribution in [2.75, 3.05) is 6.54 Å². The van der Waals surface area contributed by atoms with E-state index in [0.29, 0.717) is 13.0 Å². The largest absolute Gasteiger partial charge is 0.391 e. The number of hydrogen-bond donors (Lipinski definition) is 2. The van der Waals surface area contributed by atoms with Gasteiger partial charge >= 0.3 is 0 Å². The molecule has 0 aliphatic carbocycles. The van der Waals surface area contributed by atoms with Crippen LogP contribution < -0.4 is 5.73 Å². The van der Waals surface area contributed by atoms with Crippen molar-refractivity contribution in [2.45, 2.75) is 12.5 Å². The van der Waals surface area contributed by atoms with Gasteiger partial charge in [-0.05, 0) is 24.1 Å². The van der Waals surface area contributed by atoms with E-state index in [0.717, 1.165) is 5.56 Å². The second-order valence-corrected chi connectivity index (χ2v) is 2.45. The fraction of sp³-hybridized carbons (Fsp3) is 0.375. The van der Waals surface area contributed by atoms with Crippen LogP contribution in [0, 0.1) is 0 Å². The van der Waals surface area contributed by atoms with Gasteiger partial charge in [-0.2, -0.15) is 0 Å². The number of aromatic nitrogens is 1. The molecule has 1 rings (SSSR count). The molecule has 1 aromatic heterocycles. The summed E-state index contributed by atoms with van der Waals surface area (Å²) in [6, 6.07) is 3.75. The normalized spacial score (nSPS) is 12.9. The predicted octanol–water partition coefficient (Wildman–Crippen LogP) is -0.0563. The van der Waals surface area contributed by atoms with Gasteiger partial charge in [0.05, 0.1) is 6.10 Å². The zero-order chi connectivity index (χ0) is 8.10. The zero-order valence-corrected chi connectivity index (χ0v) is 6.27. The first-order valence-corrected chi connectivity index (χ1v) is 3.60. The van der Waals surface area contributed by atoms with Gasteiger partial charge < -0.3 is 10.8 Å². The summed E-state index contributed by atoms with van der Waals surface area (Å²) in [4.78, 5) is 3.87. The Balaban J connectivity index is 2.51. The highest BCUT2D eigenvalue weighted by Crippen LogP contribution is 1.99. The van der Waals surface area contributed by atoms with E-state index in [1.54, 1.807) is 12.4 Å². The van der Waals surface area contributed by atoms with Crippen LogP contribution in [0.2, 0.25) is 0 Å². The average molecular weight is 152 g/mol. The van der Waals surface area contributed by atoms with E-state index >= 15 is 0 Å². The third-order valence-corrected chi connectivity index (χ3v) is 1.49. The minimum Gasteiger partial charge on any atom is -0.391 e. The molecule has 0 fully saturated rings.